The van der Waals surface area contributed by atoms with E-state index in [-0.39, 0.29) is 0 Å². The van der Waals surface area contributed by atoms with E-state index in [1.54, 1.807) is 0 Å². The van der Waals surface area contributed by atoms with Crippen molar-refractivity contribution in [3.63, 3.8) is 0 Å². The van der Waals surface area contributed by atoms with Crippen LogP contribution in [0.2, 0.25) is 0 Å². The summed E-state index contributed by atoms with van der Waals surface area (Å²) in [7, 11) is 0. The Bertz CT molecular complexity index is 305. The molecule has 1 N–H and O–H groups in total. The van der Waals surface area contributed by atoms with Gasteiger partial charge in [-0.1, -0.05) is 20.8 Å². The lowest BCUT2D eigenvalue weighted by atomic mass is 10.1. The van der Waals surface area contributed by atoms with E-state index >= 15 is 0 Å². The van der Waals surface area contributed by atoms with Gasteiger partial charge in [-0.3, -0.25) is 0 Å². The van der Waals surface area contributed by atoms with Crippen LogP contribution in [-0.4, -0.2) is 31.1 Å². The van der Waals surface area contributed by atoms with Gasteiger partial charge in [0.25, 0.3) is 0 Å². The number of hydrogen-bond acceptors (Lipinski definition) is 3. The Labute approximate surface area is 110 Å². The minimum atomic E-state index is 0.519. The van der Waals surface area contributed by atoms with Crippen molar-refractivity contribution in [1.29, 1.82) is 0 Å². The summed E-state index contributed by atoms with van der Waals surface area (Å²) in [4.78, 5) is 3.90. The van der Waals surface area contributed by atoms with Gasteiger partial charge in [0.05, 0.1) is 0 Å². The van der Waals surface area contributed by atoms with Gasteiger partial charge in [-0.2, -0.15) is 0 Å². The Morgan fingerprint density at radius 1 is 1.29 bits per heavy atom. The summed E-state index contributed by atoms with van der Waals surface area (Å²) in [5.74, 6) is 0. The van der Waals surface area contributed by atoms with Gasteiger partial charge in [0.2, 0.25) is 0 Å². The lowest BCUT2D eigenvalue weighted by Gasteiger charge is -2.23. The van der Waals surface area contributed by atoms with E-state index in [1.807, 2.05) is 11.3 Å². The van der Waals surface area contributed by atoms with Crippen molar-refractivity contribution in [3.05, 3.63) is 21.9 Å². The summed E-state index contributed by atoms with van der Waals surface area (Å²) in [5, 5.41) is 5.89. The molecular weight excluding hydrogens is 228 g/mol. The second-order valence-corrected chi connectivity index (χ2v) is 5.53. The Kier molecular flexibility index (Phi) is 6.78. The molecular formula is C14H26N2S. The Morgan fingerprint density at radius 3 is 2.47 bits per heavy atom. The number of nitrogens with one attached hydrogen (secondary N) is 1. The van der Waals surface area contributed by atoms with Gasteiger partial charge in [0.15, 0.2) is 0 Å². The maximum Gasteiger partial charge on any atom is 0.0340 e. The van der Waals surface area contributed by atoms with Crippen molar-refractivity contribution in [2.45, 2.75) is 40.2 Å². The molecule has 0 aliphatic carbocycles. The quantitative estimate of drug-likeness (QED) is 0.764. The number of rotatable bonds is 8. The molecule has 17 heavy (non-hydrogen) atoms. The molecule has 1 unspecified atom stereocenters. The highest BCUT2D eigenvalue weighted by molar-refractivity contribution is 7.10. The standard InChI is InChI=1S/C14H26N2S/c1-5-15-14(8-9-16(6-2)7-3)13-10-12(4)17-11-13/h10-11,14-15H,5-9H2,1-4H3. The first-order valence-electron chi connectivity index (χ1n) is 6.72. The fourth-order valence-corrected chi connectivity index (χ4v) is 2.89. The number of nitrogens with zero attached hydrogens (tertiary/aromatic N) is 1. The van der Waals surface area contributed by atoms with Crippen LogP contribution < -0.4 is 5.32 Å². The zero-order valence-corrected chi connectivity index (χ0v) is 12.4. The van der Waals surface area contributed by atoms with Gasteiger partial charge >= 0.3 is 0 Å². The van der Waals surface area contributed by atoms with E-state index in [0.29, 0.717) is 6.04 Å². The molecule has 0 radical (unpaired) electrons. The largest absolute Gasteiger partial charge is 0.310 e. The molecule has 0 spiro atoms. The zero-order chi connectivity index (χ0) is 12.7. The molecule has 0 saturated carbocycles. The summed E-state index contributed by atoms with van der Waals surface area (Å²) >= 11 is 1.85. The first-order valence-corrected chi connectivity index (χ1v) is 7.59. The van der Waals surface area contributed by atoms with E-state index in [9.17, 15) is 0 Å². The Balaban J connectivity index is 2.54. The van der Waals surface area contributed by atoms with Crippen molar-refractivity contribution >= 4 is 11.3 Å². The topological polar surface area (TPSA) is 15.3 Å². The fraction of sp³-hybridized carbons (Fsp3) is 0.714. The Hall–Kier alpha value is -0.380. The summed E-state index contributed by atoms with van der Waals surface area (Å²) in [6.07, 6.45) is 1.20. The second kappa shape index (κ2) is 7.85. The SMILES string of the molecule is CCNC(CCN(CC)CC)c1csc(C)c1. The van der Waals surface area contributed by atoms with E-state index in [0.717, 1.165) is 19.6 Å². The number of aryl methyl sites for hydroxylation is 1. The van der Waals surface area contributed by atoms with E-state index in [2.05, 4.69) is 49.4 Å². The predicted octanol–water partition coefficient (Wildman–Crippen LogP) is 3.44. The smallest absolute Gasteiger partial charge is 0.0340 e. The molecule has 1 atom stereocenters. The van der Waals surface area contributed by atoms with Crippen LogP contribution in [-0.2, 0) is 0 Å². The third-order valence-corrected chi connectivity index (χ3v) is 4.11. The monoisotopic (exact) mass is 254 g/mol. The highest BCUT2D eigenvalue weighted by atomic mass is 32.1. The van der Waals surface area contributed by atoms with Gasteiger partial charge < -0.3 is 10.2 Å². The maximum atomic E-state index is 3.60. The van der Waals surface area contributed by atoms with Crippen LogP contribution in [0.25, 0.3) is 0 Å². The van der Waals surface area contributed by atoms with E-state index < -0.39 is 0 Å². The average molecular weight is 254 g/mol. The van der Waals surface area contributed by atoms with Crippen LogP contribution in [0.3, 0.4) is 0 Å². The first-order chi connectivity index (χ1) is 8.21. The summed E-state index contributed by atoms with van der Waals surface area (Å²) in [5.41, 5.74) is 1.46. The molecule has 3 heteroatoms. The number of thiophene rings is 1. The molecule has 1 aromatic rings. The van der Waals surface area contributed by atoms with E-state index in [1.165, 1.54) is 23.4 Å². The third-order valence-electron chi connectivity index (χ3n) is 3.23. The Morgan fingerprint density at radius 2 is 2.00 bits per heavy atom. The average Bonchev–Trinajstić information content (AvgIpc) is 2.75. The molecule has 1 rings (SSSR count). The molecule has 0 aromatic carbocycles. The summed E-state index contributed by atoms with van der Waals surface area (Å²) in [6, 6.07) is 2.84. The van der Waals surface area contributed by atoms with Gasteiger partial charge in [-0.05, 0) is 56.5 Å². The highest BCUT2D eigenvalue weighted by Gasteiger charge is 2.12. The molecule has 0 bridgehead atoms. The third kappa shape index (κ3) is 4.78. The van der Waals surface area contributed by atoms with Crippen molar-refractivity contribution in [2.24, 2.45) is 0 Å². The van der Waals surface area contributed by atoms with Crippen LogP contribution in [0.1, 0.15) is 43.7 Å². The van der Waals surface area contributed by atoms with Crippen LogP contribution in [0.15, 0.2) is 11.4 Å². The van der Waals surface area contributed by atoms with Crippen molar-refractivity contribution in [3.8, 4) is 0 Å². The van der Waals surface area contributed by atoms with Gasteiger partial charge in [-0.15, -0.1) is 11.3 Å². The van der Waals surface area contributed by atoms with Crippen molar-refractivity contribution < 1.29 is 0 Å². The van der Waals surface area contributed by atoms with Crippen LogP contribution in [0.4, 0.5) is 0 Å². The van der Waals surface area contributed by atoms with E-state index in [4.69, 9.17) is 0 Å². The molecule has 1 heterocycles. The molecule has 0 aliphatic heterocycles. The molecule has 1 aromatic heterocycles. The molecule has 0 fully saturated rings. The highest BCUT2D eigenvalue weighted by Crippen LogP contribution is 2.23. The predicted molar refractivity (Wildman–Crippen MR) is 77.9 cm³/mol. The molecule has 0 saturated heterocycles. The van der Waals surface area contributed by atoms with Crippen molar-refractivity contribution in [1.82, 2.24) is 10.2 Å². The van der Waals surface area contributed by atoms with Crippen LogP contribution in [0, 0.1) is 6.92 Å². The lowest BCUT2D eigenvalue weighted by molar-refractivity contribution is 0.282. The number of hydrogen-bond donors (Lipinski definition) is 1. The molecule has 98 valence electrons. The summed E-state index contributed by atoms with van der Waals surface area (Å²) < 4.78 is 0. The maximum absolute atomic E-state index is 3.60. The summed E-state index contributed by atoms with van der Waals surface area (Å²) in [6.45, 7) is 13.4. The van der Waals surface area contributed by atoms with Gasteiger partial charge in [0, 0.05) is 10.9 Å². The van der Waals surface area contributed by atoms with Gasteiger partial charge in [-0.25, -0.2) is 0 Å². The van der Waals surface area contributed by atoms with Crippen LogP contribution >= 0.6 is 11.3 Å². The van der Waals surface area contributed by atoms with Crippen molar-refractivity contribution in [2.75, 3.05) is 26.2 Å². The van der Waals surface area contributed by atoms with Gasteiger partial charge in [0.1, 0.15) is 0 Å². The molecule has 0 amide bonds. The minimum absolute atomic E-state index is 0.519. The first kappa shape index (κ1) is 14.7. The van der Waals surface area contributed by atoms with Crippen LogP contribution in [0.5, 0.6) is 0 Å². The second-order valence-electron chi connectivity index (χ2n) is 4.42. The fourth-order valence-electron chi connectivity index (χ4n) is 2.13. The molecule has 2 nitrogen and oxygen atoms in total. The minimum Gasteiger partial charge on any atom is -0.310 e. The molecule has 0 aliphatic rings. The lowest BCUT2D eigenvalue weighted by Crippen LogP contribution is -2.29. The zero-order valence-electron chi connectivity index (χ0n) is 11.6. The normalized spacial score (nSPS) is 13.2.